The summed E-state index contributed by atoms with van der Waals surface area (Å²) < 4.78 is 0. The van der Waals surface area contributed by atoms with Crippen molar-refractivity contribution in [3.05, 3.63) is 45.8 Å². The van der Waals surface area contributed by atoms with Crippen LogP contribution in [-0.2, 0) is 4.79 Å². The zero-order valence-electron chi connectivity index (χ0n) is 11.2. The number of aromatic carboxylic acids is 1. The van der Waals surface area contributed by atoms with Crippen molar-refractivity contribution in [2.24, 2.45) is 0 Å². The van der Waals surface area contributed by atoms with Crippen molar-refractivity contribution >= 4 is 34.9 Å². The molecule has 4 heteroatoms. The second-order valence-corrected chi connectivity index (χ2v) is 5.55. The zero-order valence-corrected chi connectivity index (χ0v) is 11.2. The topological polar surface area (TPSA) is 68.5 Å². The number of carboxylic acids is 1. The van der Waals surface area contributed by atoms with E-state index in [9.17, 15) is 14.7 Å². The molecule has 1 radical (unpaired) electrons. The molecule has 1 N–H and O–H groups in total. The molecular formula is C17H12NO3. The Morgan fingerprint density at radius 3 is 2.71 bits per heavy atom. The summed E-state index contributed by atoms with van der Waals surface area (Å²) in [6.07, 6.45) is 5.31. The second kappa shape index (κ2) is 4.19. The predicted octanol–water partition coefficient (Wildman–Crippen LogP) is 1.08. The fraction of sp³-hybridized carbons (Fsp3) is 0.176. The van der Waals surface area contributed by atoms with Gasteiger partial charge in [0.15, 0.2) is 0 Å². The summed E-state index contributed by atoms with van der Waals surface area (Å²) in [5, 5.41) is 16.2. The molecule has 4 rings (SSSR count). The Morgan fingerprint density at radius 2 is 2.00 bits per heavy atom. The van der Waals surface area contributed by atoms with Crippen LogP contribution < -0.4 is 15.8 Å². The first-order valence-corrected chi connectivity index (χ1v) is 6.90. The van der Waals surface area contributed by atoms with E-state index < -0.39 is 5.97 Å². The maximum Gasteiger partial charge on any atom is 0.336 e. The van der Waals surface area contributed by atoms with Gasteiger partial charge in [-0.25, -0.2) is 10.1 Å². The number of nitrogens with zero attached hydrogens (tertiary/aromatic N) is 1. The largest absolute Gasteiger partial charge is 0.478 e. The molecule has 1 heterocycles. The molecule has 0 aromatic heterocycles. The van der Waals surface area contributed by atoms with Crippen molar-refractivity contribution < 1.29 is 14.7 Å². The van der Waals surface area contributed by atoms with Gasteiger partial charge in [0.2, 0.25) is 0 Å². The summed E-state index contributed by atoms with van der Waals surface area (Å²) in [6, 6.07) is 7.48. The lowest BCUT2D eigenvalue weighted by Crippen LogP contribution is -2.34. The molecular weight excluding hydrogens is 266 g/mol. The molecule has 0 atom stereocenters. The standard InChI is InChI=1S/C17H12NO3/c19-16-7-11-6-14(17(20)21)12-4-3-10(9-1-2-9)5-13(12)15(11)8-18-16/h3-9H,1-2H2,(H,20,21). The summed E-state index contributed by atoms with van der Waals surface area (Å²) >= 11 is 0. The summed E-state index contributed by atoms with van der Waals surface area (Å²) in [7, 11) is 0. The molecule has 1 aliphatic heterocycles. The van der Waals surface area contributed by atoms with Gasteiger partial charge in [0.25, 0.3) is 5.91 Å². The Labute approximate surface area is 120 Å². The third kappa shape index (κ3) is 1.91. The molecule has 4 nitrogen and oxygen atoms in total. The highest BCUT2D eigenvalue weighted by atomic mass is 16.4. The van der Waals surface area contributed by atoms with E-state index in [0.717, 1.165) is 10.6 Å². The first kappa shape index (κ1) is 12.1. The fourth-order valence-corrected chi connectivity index (χ4v) is 2.90. The second-order valence-electron chi connectivity index (χ2n) is 5.55. The van der Waals surface area contributed by atoms with E-state index in [1.807, 2.05) is 18.2 Å². The van der Waals surface area contributed by atoms with E-state index in [1.165, 1.54) is 24.5 Å². The van der Waals surface area contributed by atoms with E-state index >= 15 is 0 Å². The van der Waals surface area contributed by atoms with Gasteiger partial charge < -0.3 is 5.11 Å². The lowest BCUT2D eigenvalue weighted by atomic mass is 9.96. The Hall–Kier alpha value is -2.62. The zero-order chi connectivity index (χ0) is 14.6. The van der Waals surface area contributed by atoms with E-state index in [2.05, 4.69) is 5.32 Å². The first-order valence-electron chi connectivity index (χ1n) is 6.90. The Kier molecular flexibility index (Phi) is 2.42. The molecule has 2 aliphatic rings. The van der Waals surface area contributed by atoms with Crippen molar-refractivity contribution in [2.75, 3.05) is 0 Å². The van der Waals surface area contributed by atoms with Crippen LogP contribution in [0.1, 0.15) is 34.7 Å². The molecule has 2 aromatic rings. The average molecular weight is 278 g/mol. The quantitative estimate of drug-likeness (QED) is 0.893. The molecule has 1 amide bonds. The number of hydrogen-bond donors (Lipinski definition) is 1. The van der Waals surface area contributed by atoms with Crippen molar-refractivity contribution in [3.63, 3.8) is 0 Å². The molecule has 1 fully saturated rings. The van der Waals surface area contributed by atoms with Crippen molar-refractivity contribution in [3.8, 4) is 0 Å². The average Bonchev–Trinajstić information content (AvgIpc) is 3.29. The Morgan fingerprint density at radius 1 is 1.19 bits per heavy atom. The lowest BCUT2D eigenvalue weighted by Gasteiger charge is -2.09. The van der Waals surface area contributed by atoms with Crippen LogP contribution in [0, 0.1) is 0 Å². The van der Waals surface area contributed by atoms with Crippen LogP contribution in [0.5, 0.6) is 0 Å². The SMILES string of the molecule is O=C1C=c2cc(C(=O)O)c3ccc(C4CC4)cc3c2=C[N]1. The number of carbonyl (C=O) groups is 2. The Balaban J connectivity index is 2.15. The summed E-state index contributed by atoms with van der Waals surface area (Å²) in [5.74, 6) is -0.744. The van der Waals surface area contributed by atoms with Crippen LogP contribution in [0.25, 0.3) is 23.0 Å². The fourth-order valence-electron chi connectivity index (χ4n) is 2.90. The number of rotatable bonds is 2. The van der Waals surface area contributed by atoms with E-state index in [1.54, 1.807) is 12.3 Å². The highest BCUT2D eigenvalue weighted by Crippen LogP contribution is 2.40. The van der Waals surface area contributed by atoms with Gasteiger partial charge in [-0.05, 0) is 46.4 Å². The summed E-state index contributed by atoms with van der Waals surface area (Å²) in [6.45, 7) is 0. The lowest BCUT2D eigenvalue weighted by molar-refractivity contribution is -0.114. The highest BCUT2D eigenvalue weighted by molar-refractivity contribution is 6.10. The molecule has 1 saturated carbocycles. The minimum atomic E-state index is -0.981. The van der Waals surface area contributed by atoms with E-state index in [-0.39, 0.29) is 11.5 Å². The molecule has 1 aliphatic carbocycles. The van der Waals surface area contributed by atoms with Crippen LogP contribution in [0.3, 0.4) is 0 Å². The number of hydrogen-bond acceptors (Lipinski definition) is 2. The number of carbonyl (C=O) groups excluding carboxylic acids is 1. The van der Waals surface area contributed by atoms with Crippen molar-refractivity contribution in [2.45, 2.75) is 18.8 Å². The molecule has 103 valence electrons. The molecule has 0 saturated heterocycles. The predicted molar refractivity (Wildman–Crippen MR) is 78.2 cm³/mol. The van der Waals surface area contributed by atoms with Gasteiger partial charge >= 0.3 is 5.97 Å². The third-order valence-electron chi connectivity index (χ3n) is 4.11. The van der Waals surface area contributed by atoms with Crippen LogP contribution in [0.15, 0.2) is 24.3 Å². The molecule has 0 unspecified atom stereocenters. The molecule has 21 heavy (non-hydrogen) atoms. The maximum absolute atomic E-state index is 11.5. The van der Waals surface area contributed by atoms with Crippen LogP contribution in [0.2, 0.25) is 0 Å². The minimum Gasteiger partial charge on any atom is -0.478 e. The number of carboxylic acid groups (broad SMARTS) is 1. The van der Waals surface area contributed by atoms with Crippen molar-refractivity contribution in [1.29, 1.82) is 0 Å². The normalized spacial score (nSPS) is 16.7. The van der Waals surface area contributed by atoms with Crippen molar-refractivity contribution in [1.82, 2.24) is 5.32 Å². The summed E-state index contributed by atoms with van der Waals surface area (Å²) in [4.78, 5) is 22.9. The third-order valence-corrected chi connectivity index (χ3v) is 4.11. The monoisotopic (exact) mass is 278 g/mol. The van der Waals surface area contributed by atoms with Gasteiger partial charge in [0.1, 0.15) is 0 Å². The van der Waals surface area contributed by atoms with Gasteiger partial charge in [-0.2, -0.15) is 0 Å². The first-order chi connectivity index (χ1) is 10.1. The summed E-state index contributed by atoms with van der Waals surface area (Å²) in [5.41, 5.74) is 1.46. The van der Waals surface area contributed by atoms with Crippen LogP contribution >= 0.6 is 0 Å². The van der Waals surface area contributed by atoms with Gasteiger partial charge in [0.05, 0.1) is 5.56 Å². The van der Waals surface area contributed by atoms with Gasteiger partial charge in [0, 0.05) is 17.5 Å². The molecule has 0 bridgehead atoms. The van der Waals surface area contributed by atoms with Gasteiger partial charge in [-0.1, -0.05) is 18.2 Å². The van der Waals surface area contributed by atoms with Gasteiger partial charge in [-0.3, -0.25) is 4.79 Å². The molecule has 2 aromatic carbocycles. The molecule has 0 spiro atoms. The smallest absolute Gasteiger partial charge is 0.336 e. The van der Waals surface area contributed by atoms with E-state index in [0.29, 0.717) is 16.5 Å². The highest BCUT2D eigenvalue weighted by Gasteiger charge is 2.24. The van der Waals surface area contributed by atoms with E-state index in [4.69, 9.17) is 0 Å². The minimum absolute atomic E-state index is 0.227. The Bertz CT molecular complexity index is 923. The van der Waals surface area contributed by atoms with Crippen LogP contribution in [-0.4, -0.2) is 17.0 Å². The van der Waals surface area contributed by atoms with Gasteiger partial charge in [-0.15, -0.1) is 0 Å². The maximum atomic E-state index is 11.5. The number of benzene rings is 2. The van der Waals surface area contributed by atoms with Crippen LogP contribution in [0.4, 0.5) is 0 Å². The number of fused-ring (bicyclic) bond motifs is 3. The number of amides is 1.